The molecule has 0 N–H and O–H groups in total. The van der Waals surface area contributed by atoms with Crippen molar-refractivity contribution in [2.24, 2.45) is 4.99 Å². The standard InChI is InChI=1S/C9H8ClNS/c10-8-3-1-2-7(6-8)9-11-4-5-12-9/h1-3,6H,4-5H2. The SMILES string of the molecule is Clc1cccc(C2=NCCS2)c1. The van der Waals surface area contributed by atoms with Gasteiger partial charge in [-0.2, -0.15) is 0 Å². The lowest BCUT2D eigenvalue weighted by molar-refractivity contribution is 1.17. The molecule has 1 aromatic carbocycles. The second kappa shape index (κ2) is 3.50. The number of aliphatic imine (C=N–C) groups is 1. The van der Waals surface area contributed by atoms with Gasteiger partial charge < -0.3 is 0 Å². The number of hydrogen-bond donors (Lipinski definition) is 0. The molecular weight excluding hydrogens is 190 g/mol. The van der Waals surface area contributed by atoms with Gasteiger partial charge in [0, 0.05) is 22.9 Å². The molecule has 1 aromatic rings. The van der Waals surface area contributed by atoms with E-state index in [1.165, 1.54) is 0 Å². The third-order valence-electron chi connectivity index (χ3n) is 1.66. The van der Waals surface area contributed by atoms with Gasteiger partial charge in [0.15, 0.2) is 0 Å². The monoisotopic (exact) mass is 197 g/mol. The molecule has 0 fully saturated rings. The minimum absolute atomic E-state index is 0.780. The Morgan fingerprint density at radius 1 is 1.42 bits per heavy atom. The van der Waals surface area contributed by atoms with E-state index < -0.39 is 0 Å². The van der Waals surface area contributed by atoms with Crippen LogP contribution in [0.15, 0.2) is 29.3 Å². The molecule has 12 heavy (non-hydrogen) atoms. The molecule has 1 aliphatic heterocycles. The van der Waals surface area contributed by atoms with Crippen LogP contribution in [-0.4, -0.2) is 17.3 Å². The summed E-state index contributed by atoms with van der Waals surface area (Å²) < 4.78 is 0. The van der Waals surface area contributed by atoms with E-state index in [0.29, 0.717) is 0 Å². The first kappa shape index (κ1) is 8.14. The number of halogens is 1. The number of rotatable bonds is 1. The van der Waals surface area contributed by atoms with Gasteiger partial charge in [0.25, 0.3) is 0 Å². The Morgan fingerprint density at radius 2 is 2.33 bits per heavy atom. The average molecular weight is 198 g/mol. The highest BCUT2D eigenvalue weighted by molar-refractivity contribution is 8.14. The van der Waals surface area contributed by atoms with Crippen LogP contribution >= 0.6 is 23.4 Å². The van der Waals surface area contributed by atoms with Crippen molar-refractivity contribution in [2.45, 2.75) is 0 Å². The minimum Gasteiger partial charge on any atom is -0.277 e. The van der Waals surface area contributed by atoms with E-state index in [2.05, 4.69) is 4.99 Å². The molecule has 0 amide bonds. The van der Waals surface area contributed by atoms with Crippen molar-refractivity contribution < 1.29 is 0 Å². The lowest BCUT2D eigenvalue weighted by atomic mass is 10.2. The third kappa shape index (κ3) is 1.65. The lowest BCUT2D eigenvalue weighted by Gasteiger charge is -1.98. The second-order valence-corrected chi connectivity index (χ2v) is 4.07. The van der Waals surface area contributed by atoms with E-state index in [0.717, 1.165) is 27.9 Å². The fraction of sp³-hybridized carbons (Fsp3) is 0.222. The quantitative estimate of drug-likeness (QED) is 0.675. The van der Waals surface area contributed by atoms with Gasteiger partial charge in [-0.25, -0.2) is 0 Å². The van der Waals surface area contributed by atoms with Gasteiger partial charge in [-0.15, -0.1) is 11.8 Å². The van der Waals surface area contributed by atoms with Crippen LogP contribution in [0.3, 0.4) is 0 Å². The smallest absolute Gasteiger partial charge is 0.0978 e. The van der Waals surface area contributed by atoms with Crippen LogP contribution in [-0.2, 0) is 0 Å². The van der Waals surface area contributed by atoms with E-state index in [4.69, 9.17) is 11.6 Å². The van der Waals surface area contributed by atoms with E-state index in [-0.39, 0.29) is 0 Å². The van der Waals surface area contributed by atoms with Gasteiger partial charge in [0.1, 0.15) is 0 Å². The zero-order valence-corrected chi connectivity index (χ0v) is 8.03. The lowest BCUT2D eigenvalue weighted by Crippen LogP contribution is -1.90. The molecule has 1 heterocycles. The van der Waals surface area contributed by atoms with Gasteiger partial charge in [-0.3, -0.25) is 4.99 Å². The second-order valence-electron chi connectivity index (χ2n) is 2.55. The predicted molar refractivity (Wildman–Crippen MR) is 55.3 cm³/mol. The van der Waals surface area contributed by atoms with Crippen LogP contribution < -0.4 is 0 Å². The Bertz CT molecular complexity index is 322. The predicted octanol–water partition coefficient (Wildman–Crippen LogP) is 2.83. The largest absolute Gasteiger partial charge is 0.277 e. The molecule has 0 saturated carbocycles. The van der Waals surface area contributed by atoms with Crippen molar-refractivity contribution in [3.63, 3.8) is 0 Å². The first-order chi connectivity index (χ1) is 5.86. The zero-order chi connectivity index (χ0) is 8.39. The molecule has 0 unspecified atom stereocenters. The van der Waals surface area contributed by atoms with Crippen LogP contribution in [0.1, 0.15) is 5.56 Å². The summed E-state index contributed by atoms with van der Waals surface area (Å²) in [5, 5.41) is 1.90. The van der Waals surface area contributed by atoms with E-state index in [9.17, 15) is 0 Å². The highest BCUT2D eigenvalue weighted by Crippen LogP contribution is 2.21. The van der Waals surface area contributed by atoms with Crippen molar-refractivity contribution in [1.82, 2.24) is 0 Å². The van der Waals surface area contributed by atoms with Crippen LogP contribution in [0.4, 0.5) is 0 Å². The minimum atomic E-state index is 0.780. The number of benzene rings is 1. The van der Waals surface area contributed by atoms with E-state index in [1.807, 2.05) is 24.3 Å². The summed E-state index contributed by atoms with van der Waals surface area (Å²) in [6.45, 7) is 0.937. The number of nitrogens with zero attached hydrogens (tertiary/aromatic N) is 1. The van der Waals surface area contributed by atoms with Crippen molar-refractivity contribution >= 4 is 28.4 Å². The molecule has 0 aromatic heterocycles. The van der Waals surface area contributed by atoms with Gasteiger partial charge in [0.2, 0.25) is 0 Å². The Morgan fingerprint density at radius 3 is 3.00 bits per heavy atom. The van der Waals surface area contributed by atoms with Crippen LogP contribution in [0, 0.1) is 0 Å². The first-order valence-corrected chi connectivity index (χ1v) is 5.16. The Kier molecular flexibility index (Phi) is 2.38. The van der Waals surface area contributed by atoms with Gasteiger partial charge in [-0.05, 0) is 12.1 Å². The molecule has 1 aliphatic rings. The highest BCUT2D eigenvalue weighted by atomic mass is 35.5. The number of hydrogen-bond acceptors (Lipinski definition) is 2. The van der Waals surface area contributed by atoms with Crippen LogP contribution in [0.25, 0.3) is 0 Å². The maximum absolute atomic E-state index is 5.86. The van der Waals surface area contributed by atoms with Gasteiger partial charge in [-0.1, -0.05) is 23.7 Å². The van der Waals surface area contributed by atoms with Crippen molar-refractivity contribution in [2.75, 3.05) is 12.3 Å². The van der Waals surface area contributed by atoms with Gasteiger partial charge in [0.05, 0.1) is 5.04 Å². The Labute approximate surface area is 80.8 Å². The molecule has 0 aliphatic carbocycles. The van der Waals surface area contributed by atoms with Crippen LogP contribution in [0.2, 0.25) is 5.02 Å². The Hall–Kier alpha value is -0.470. The summed E-state index contributed by atoms with van der Waals surface area (Å²) in [5.41, 5.74) is 1.14. The average Bonchev–Trinajstić information content (AvgIpc) is 2.56. The molecule has 0 saturated heterocycles. The maximum Gasteiger partial charge on any atom is 0.0978 e. The summed E-state index contributed by atoms with van der Waals surface area (Å²) >= 11 is 7.65. The molecule has 1 nitrogen and oxygen atoms in total. The van der Waals surface area contributed by atoms with E-state index in [1.54, 1.807) is 11.8 Å². The fourth-order valence-corrected chi connectivity index (χ4v) is 2.17. The highest BCUT2D eigenvalue weighted by Gasteiger charge is 2.08. The molecule has 3 heteroatoms. The summed E-state index contributed by atoms with van der Waals surface area (Å²) in [6, 6.07) is 7.84. The zero-order valence-electron chi connectivity index (χ0n) is 6.46. The summed E-state index contributed by atoms with van der Waals surface area (Å²) in [6.07, 6.45) is 0. The van der Waals surface area contributed by atoms with Crippen LogP contribution in [0.5, 0.6) is 0 Å². The van der Waals surface area contributed by atoms with Crippen molar-refractivity contribution in [3.8, 4) is 0 Å². The fourth-order valence-electron chi connectivity index (χ4n) is 1.13. The van der Waals surface area contributed by atoms with E-state index >= 15 is 0 Å². The normalized spacial score (nSPS) is 16.2. The molecular formula is C9H8ClNS. The molecule has 2 rings (SSSR count). The molecule has 0 radical (unpaired) electrons. The summed E-state index contributed by atoms with van der Waals surface area (Å²) in [4.78, 5) is 4.37. The topological polar surface area (TPSA) is 12.4 Å². The van der Waals surface area contributed by atoms with Crippen molar-refractivity contribution in [1.29, 1.82) is 0 Å². The molecule has 0 spiro atoms. The molecule has 0 atom stereocenters. The number of thioether (sulfide) groups is 1. The maximum atomic E-state index is 5.86. The first-order valence-electron chi connectivity index (χ1n) is 3.79. The summed E-state index contributed by atoms with van der Waals surface area (Å²) in [7, 11) is 0. The summed E-state index contributed by atoms with van der Waals surface area (Å²) in [5.74, 6) is 1.10. The Balaban J connectivity index is 2.33. The third-order valence-corrected chi connectivity index (χ3v) is 2.92. The van der Waals surface area contributed by atoms with Gasteiger partial charge >= 0.3 is 0 Å². The molecule has 0 bridgehead atoms. The van der Waals surface area contributed by atoms with Crippen molar-refractivity contribution in [3.05, 3.63) is 34.9 Å². The molecule has 62 valence electrons.